The molecule has 1 spiro atoms. The van der Waals surface area contributed by atoms with Gasteiger partial charge in [-0.1, -0.05) is 12.1 Å². The van der Waals surface area contributed by atoms with Crippen LogP contribution in [0.4, 0.5) is 26.7 Å². The van der Waals surface area contributed by atoms with E-state index in [0.717, 1.165) is 6.07 Å². The van der Waals surface area contributed by atoms with Gasteiger partial charge in [-0.3, -0.25) is 19.7 Å². The van der Waals surface area contributed by atoms with Gasteiger partial charge in [-0.2, -0.15) is 13.2 Å². The van der Waals surface area contributed by atoms with E-state index in [9.17, 15) is 41.1 Å². The SMILES string of the molecule is O=C1CCC2(CCN(C(=O)N[C@@H]3CC[C@@H](c4cccc(F)c4F)CN(CC(F)(F)F)C3=O)CC2)C(=O)N1. The van der Waals surface area contributed by atoms with Crippen molar-refractivity contribution in [1.29, 1.82) is 0 Å². The summed E-state index contributed by atoms with van der Waals surface area (Å²) in [6.07, 6.45) is -3.57. The Balaban J connectivity index is 1.45. The number of rotatable bonds is 3. The Labute approximate surface area is 209 Å². The van der Waals surface area contributed by atoms with Crippen LogP contribution in [0.5, 0.6) is 0 Å². The quantitative estimate of drug-likeness (QED) is 0.464. The lowest BCUT2D eigenvalue weighted by Crippen LogP contribution is -2.57. The summed E-state index contributed by atoms with van der Waals surface area (Å²) < 4.78 is 67.9. The number of nitrogens with zero attached hydrogens (tertiary/aromatic N) is 2. The third-order valence-corrected chi connectivity index (χ3v) is 7.52. The first-order chi connectivity index (χ1) is 17.4. The Kier molecular flexibility index (Phi) is 7.43. The monoisotopic (exact) mass is 530 g/mol. The van der Waals surface area contributed by atoms with E-state index in [-0.39, 0.29) is 49.7 Å². The molecule has 3 aliphatic rings. The number of nitrogens with one attached hydrogen (secondary N) is 2. The molecule has 0 unspecified atom stereocenters. The van der Waals surface area contributed by atoms with Gasteiger partial charge in [0.05, 0.1) is 5.41 Å². The van der Waals surface area contributed by atoms with Crippen LogP contribution in [0.3, 0.4) is 0 Å². The topological polar surface area (TPSA) is 98.8 Å². The maximum atomic E-state index is 14.4. The van der Waals surface area contributed by atoms with Gasteiger partial charge in [-0.05, 0) is 43.7 Å². The van der Waals surface area contributed by atoms with Crippen LogP contribution >= 0.6 is 0 Å². The molecule has 37 heavy (non-hydrogen) atoms. The zero-order valence-corrected chi connectivity index (χ0v) is 19.9. The van der Waals surface area contributed by atoms with E-state index in [0.29, 0.717) is 24.2 Å². The second-order valence-electron chi connectivity index (χ2n) is 9.90. The molecule has 13 heteroatoms. The average Bonchev–Trinajstić information content (AvgIpc) is 2.97. The number of hydrogen-bond acceptors (Lipinski definition) is 4. The highest BCUT2D eigenvalue weighted by atomic mass is 19.4. The van der Waals surface area contributed by atoms with Gasteiger partial charge in [-0.25, -0.2) is 13.6 Å². The third-order valence-electron chi connectivity index (χ3n) is 7.52. The first-order valence-electron chi connectivity index (χ1n) is 12.1. The molecule has 0 saturated carbocycles. The molecule has 0 aliphatic carbocycles. The van der Waals surface area contributed by atoms with Crippen molar-refractivity contribution in [2.75, 3.05) is 26.2 Å². The molecule has 0 aromatic heterocycles. The van der Waals surface area contributed by atoms with Crippen molar-refractivity contribution in [2.24, 2.45) is 5.41 Å². The molecule has 2 N–H and O–H groups in total. The minimum atomic E-state index is -4.73. The van der Waals surface area contributed by atoms with E-state index in [2.05, 4.69) is 10.6 Å². The van der Waals surface area contributed by atoms with Crippen molar-refractivity contribution in [1.82, 2.24) is 20.4 Å². The maximum Gasteiger partial charge on any atom is 0.406 e. The summed E-state index contributed by atoms with van der Waals surface area (Å²) >= 11 is 0. The van der Waals surface area contributed by atoms with Crippen molar-refractivity contribution in [3.63, 3.8) is 0 Å². The van der Waals surface area contributed by atoms with Crippen LogP contribution in [0.25, 0.3) is 0 Å². The zero-order valence-electron chi connectivity index (χ0n) is 19.9. The van der Waals surface area contributed by atoms with Crippen LogP contribution in [0.15, 0.2) is 18.2 Å². The summed E-state index contributed by atoms with van der Waals surface area (Å²) in [5.41, 5.74) is -0.883. The molecular weight excluding hydrogens is 503 g/mol. The molecule has 202 valence electrons. The van der Waals surface area contributed by atoms with Gasteiger partial charge in [0.15, 0.2) is 11.6 Å². The number of urea groups is 1. The minimum absolute atomic E-state index is 0.0444. The molecular formula is C24H27F5N4O4. The van der Waals surface area contributed by atoms with Gasteiger partial charge in [0.1, 0.15) is 12.6 Å². The van der Waals surface area contributed by atoms with Crippen molar-refractivity contribution < 1.29 is 41.1 Å². The van der Waals surface area contributed by atoms with Gasteiger partial charge < -0.3 is 15.1 Å². The number of piperidine rings is 2. The molecule has 0 radical (unpaired) electrons. The molecule has 1 aromatic rings. The molecule has 4 rings (SSSR count). The normalized spacial score (nSPS) is 24.6. The summed E-state index contributed by atoms with van der Waals surface area (Å²) in [5, 5.41) is 4.83. The van der Waals surface area contributed by atoms with Crippen LogP contribution in [0.2, 0.25) is 0 Å². The number of alkyl halides is 3. The molecule has 8 nitrogen and oxygen atoms in total. The summed E-state index contributed by atoms with van der Waals surface area (Å²) in [6.45, 7) is -1.74. The van der Waals surface area contributed by atoms with Gasteiger partial charge in [-0.15, -0.1) is 0 Å². The lowest BCUT2D eigenvalue weighted by atomic mass is 9.72. The van der Waals surface area contributed by atoms with E-state index in [1.54, 1.807) is 0 Å². The number of likely N-dealkylation sites (tertiary alicyclic amines) is 2. The zero-order chi connectivity index (χ0) is 27.0. The predicted molar refractivity (Wildman–Crippen MR) is 119 cm³/mol. The second-order valence-corrected chi connectivity index (χ2v) is 9.90. The fourth-order valence-electron chi connectivity index (χ4n) is 5.38. The number of carbonyl (C=O) groups is 4. The van der Waals surface area contributed by atoms with Gasteiger partial charge >= 0.3 is 12.2 Å². The van der Waals surface area contributed by atoms with Crippen LogP contribution in [0, 0.1) is 17.0 Å². The van der Waals surface area contributed by atoms with E-state index >= 15 is 0 Å². The van der Waals surface area contributed by atoms with Gasteiger partial charge in [0.25, 0.3) is 0 Å². The predicted octanol–water partition coefficient (Wildman–Crippen LogP) is 2.83. The number of halogens is 5. The van der Waals surface area contributed by atoms with Crippen LogP contribution in [0.1, 0.15) is 50.0 Å². The Hall–Kier alpha value is -3.25. The van der Waals surface area contributed by atoms with Gasteiger partial charge in [0, 0.05) is 32.0 Å². The average molecular weight is 530 g/mol. The smallest absolute Gasteiger partial charge is 0.331 e. The van der Waals surface area contributed by atoms with Crippen molar-refractivity contribution in [3.8, 4) is 0 Å². The van der Waals surface area contributed by atoms with E-state index in [1.165, 1.54) is 17.0 Å². The molecule has 3 aliphatic heterocycles. The lowest BCUT2D eigenvalue weighted by Gasteiger charge is -2.42. The number of benzene rings is 1. The molecule has 5 amide bonds. The minimum Gasteiger partial charge on any atom is -0.331 e. The summed E-state index contributed by atoms with van der Waals surface area (Å²) in [5.74, 6) is -4.89. The highest BCUT2D eigenvalue weighted by Crippen LogP contribution is 2.38. The van der Waals surface area contributed by atoms with E-state index in [1.807, 2.05) is 0 Å². The summed E-state index contributed by atoms with van der Waals surface area (Å²) in [4.78, 5) is 51.7. The van der Waals surface area contributed by atoms with E-state index in [4.69, 9.17) is 0 Å². The maximum absolute atomic E-state index is 14.4. The molecule has 3 heterocycles. The highest BCUT2D eigenvalue weighted by Gasteiger charge is 2.46. The fraction of sp³-hybridized carbons (Fsp3) is 0.583. The fourth-order valence-corrected chi connectivity index (χ4v) is 5.38. The van der Waals surface area contributed by atoms with E-state index < -0.39 is 60.2 Å². The van der Waals surface area contributed by atoms with Crippen LogP contribution in [-0.4, -0.2) is 71.9 Å². The summed E-state index contributed by atoms with van der Waals surface area (Å²) in [6, 6.07) is 1.47. The first-order valence-corrected chi connectivity index (χ1v) is 12.1. The van der Waals surface area contributed by atoms with Gasteiger partial charge in [0.2, 0.25) is 17.7 Å². The molecule has 3 saturated heterocycles. The van der Waals surface area contributed by atoms with Crippen LogP contribution in [-0.2, 0) is 14.4 Å². The molecule has 1 aromatic carbocycles. The Morgan fingerprint density at radius 2 is 1.78 bits per heavy atom. The van der Waals surface area contributed by atoms with Crippen LogP contribution < -0.4 is 10.6 Å². The largest absolute Gasteiger partial charge is 0.406 e. The second kappa shape index (κ2) is 10.3. The standard InChI is InChI=1S/C24H27F5N4O4/c25-16-3-1-2-15(19(16)26)14-4-5-17(20(35)33(12-14)13-24(27,28)29)30-22(37)32-10-8-23(9-11-32)7-6-18(34)31-21(23)36/h1-3,14,17H,4-13H2,(H,30,37)(H,31,34,36)/t14-,17-/m1/s1. The van der Waals surface area contributed by atoms with Crippen molar-refractivity contribution in [3.05, 3.63) is 35.4 Å². The Bertz CT molecular complexity index is 1090. The number of imide groups is 1. The highest BCUT2D eigenvalue weighted by molar-refractivity contribution is 6.00. The molecule has 3 fully saturated rings. The third kappa shape index (κ3) is 5.85. The van der Waals surface area contributed by atoms with Crippen molar-refractivity contribution >= 4 is 23.8 Å². The molecule has 2 atom stereocenters. The lowest BCUT2D eigenvalue weighted by molar-refractivity contribution is -0.162. The van der Waals surface area contributed by atoms with Crippen molar-refractivity contribution in [2.45, 2.75) is 56.7 Å². The Morgan fingerprint density at radius 3 is 2.43 bits per heavy atom. The Morgan fingerprint density at radius 1 is 1.08 bits per heavy atom. The number of hydrogen-bond donors (Lipinski definition) is 2. The first kappa shape index (κ1) is 26.8. The summed E-state index contributed by atoms with van der Waals surface area (Å²) in [7, 11) is 0. The molecule has 0 bridgehead atoms. The number of amides is 5. The number of carbonyl (C=O) groups excluding carboxylic acids is 4.